The Bertz CT molecular complexity index is 651. The van der Waals surface area contributed by atoms with E-state index in [1.807, 2.05) is 19.9 Å². The summed E-state index contributed by atoms with van der Waals surface area (Å²) in [7, 11) is 0. The SMILES string of the molecule is CCc1ccc(NC(=O)c2cc(C)ccc2O)cc1N. The zero-order chi connectivity index (χ0) is 14.7. The molecule has 2 rings (SSSR count). The molecule has 4 nitrogen and oxygen atoms in total. The van der Waals surface area contributed by atoms with Crippen LogP contribution in [0.1, 0.15) is 28.4 Å². The number of carbonyl (C=O) groups is 1. The highest BCUT2D eigenvalue weighted by atomic mass is 16.3. The highest BCUT2D eigenvalue weighted by Gasteiger charge is 2.12. The van der Waals surface area contributed by atoms with Crippen molar-refractivity contribution in [2.45, 2.75) is 20.3 Å². The molecule has 2 aromatic carbocycles. The average Bonchev–Trinajstić information content (AvgIpc) is 2.41. The maximum atomic E-state index is 12.1. The highest BCUT2D eigenvalue weighted by molar-refractivity contribution is 6.06. The third kappa shape index (κ3) is 2.91. The fourth-order valence-corrected chi connectivity index (χ4v) is 2.02. The van der Waals surface area contributed by atoms with Gasteiger partial charge in [0.15, 0.2) is 0 Å². The van der Waals surface area contributed by atoms with Gasteiger partial charge in [0, 0.05) is 11.4 Å². The molecule has 0 saturated carbocycles. The Labute approximate surface area is 118 Å². The summed E-state index contributed by atoms with van der Waals surface area (Å²) in [6.07, 6.45) is 0.846. The maximum absolute atomic E-state index is 12.1. The molecule has 0 aromatic heterocycles. The first-order chi connectivity index (χ1) is 9.51. The van der Waals surface area contributed by atoms with E-state index in [1.165, 1.54) is 6.07 Å². The van der Waals surface area contributed by atoms with E-state index in [0.717, 1.165) is 17.5 Å². The summed E-state index contributed by atoms with van der Waals surface area (Å²) in [5, 5.41) is 12.5. The zero-order valence-electron chi connectivity index (χ0n) is 11.6. The molecule has 0 spiro atoms. The van der Waals surface area contributed by atoms with E-state index in [1.54, 1.807) is 24.3 Å². The molecule has 0 fully saturated rings. The van der Waals surface area contributed by atoms with Crippen LogP contribution < -0.4 is 11.1 Å². The van der Waals surface area contributed by atoms with Crippen LogP contribution in [0.15, 0.2) is 36.4 Å². The second kappa shape index (κ2) is 5.65. The Morgan fingerprint density at radius 3 is 2.65 bits per heavy atom. The molecule has 1 amide bonds. The maximum Gasteiger partial charge on any atom is 0.259 e. The number of hydrogen-bond donors (Lipinski definition) is 3. The van der Waals surface area contributed by atoms with Gasteiger partial charge < -0.3 is 16.2 Å². The number of benzene rings is 2. The lowest BCUT2D eigenvalue weighted by Gasteiger charge is -2.10. The predicted molar refractivity (Wildman–Crippen MR) is 81.0 cm³/mol. The lowest BCUT2D eigenvalue weighted by atomic mass is 10.1. The predicted octanol–water partition coefficient (Wildman–Crippen LogP) is 3.10. The molecule has 20 heavy (non-hydrogen) atoms. The number of nitrogen functional groups attached to an aromatic ring is 1. The number of nitrogens with one attached hydrogen (secondary N) is 1. The van der Waals surface area contributed by atoms with Crippen molar-refractivity contribution in [3.63, 3.8) is 0 Å². The second-order valence-electron chi connectivity index (χ2n) is 4.74. The lowest BCUT2D eigenvalue weighted by Crippen LogP contribution is -2.12. The van der Waals surface area contributed by atoms with Crippen LogP contribution in [0, 0.1) is 6.92 Å². The summed E-state index contributed by atoms with van der Waals surface area (Å²) in [5.74, 6) is -0.388. The number of amides is 1. The van der Waals surface area contributed by atoms with E-state index in [2.05, 4.69) is 5.32 Å². The largest absolute Gasteiger partial charge is 0.507 e. The van der Waals surface area contributed by atoms with Crippen LogP contribution in [0.4, 0.5) is 11.4 Å². The average molecular weight is 270 g/mol. The number of anilines is 2. The minimum Gasteiger partial charge on any atom is -0.507 e. The minimum absolute atomic E-state index is 0.0359. The Morgan fingerprint density at radius 1 is 1.25 bits per heavy atom. The van der Waals surface area contributed by atoms with E-state index in [4.69, 9.17) is 5.73 Å². The first-order valence-corrected chi connectivity index (χ1v) is 6.50. The number of nitrogens with two attached hydrogens (primary N) is 1. The molecule has 104 valence electrons. The Hall–Kier alpha value is -2.49. The van der Waals surface area contributed by atoms with Gasteiger partial charge in [-0.05, 0) is 43.2 Å². The number of aryl methyl sites for hydroxylation is 2. The molecule has 0 saturated heterocycles. The van der Waals surface area contributed by atoms with Crippen molar-refractivity contribution in [2.75, 3.05) is 11.1 Å². The van der Waals surface area contributed by atoms with Gasteiger partial charge in [0.25, 0.3) is 5.91 Å². The highest BCUT2D eigenvalue weighted by Crippen LogP contribution is 2.22. The van der Waals surface area contributed by atoms with Gasteiger partial charge in [0.1, 0.15) is 5.75 Å². The molecular formula is C16H18N2O2. The van der Waals surface area contributed by atoms with Crippen molar-refractivity contribution in [2.24, 2.45) is 0 Å². The molecule has 0 aliphatic heterocycles. The van der Waals surface area contributed by atoms with Crippen molar-refractivity contribution in [1.82, 2.24) is 0 Å². The molecule has 0 aliphatic rings. The van der Waals surface area contributed by atoms with Gasteiger partial charge in [-0.25, -0.2) is 0 Å². The topological polar surface area (TPSA) is 75.3 Å². The third-order valence-corrected chi connectivity index (χ3v) is 3.18. The van der Waals surface area contributed by atoms with E-state index < -0.39 is 0 Å². The number of rotatable bonds is 3. The van der Waals surface area contributed by atoms with Crippen molar-refractivity contribution >= 4 is 17.3 Å². The number of hydrogen-bond acceptors (Lipinski definition) is 3. The third-order valence-electron chi connectivity index (χ3n) is 3.18. The van der Waals surface area contributed by atoms with Crippen LogP contribution in [-0.4, -0.2) is 11.0 Å². The van der Waals surface area contributed by atoms with Crippen LogP contribution in [0.5, 0.6) is 5.75 Å². The van der Waals surface area contributed by atoms with E-state index in [-0.39, 0.29) is 17.2 Å². The summed E-state index contributed by atoms with van der Waals surface area (Å²) in [6, 6.07) is 10.3. The van der Waals surface area contributed by atoms with Gasteiger partial charge in [-0.2, -0.15) is 0 Å². The van der Waals surface area contributed by atoms with Gasteiger partial charge >= 0.3 is 0 Å². The molecule has 4 N–H and O–H groups in total. The molecule has 2 aromatic rings. The second-order valence-corrected chi connectivity index (χ2v) is 4.74. The molecule has 0 bridgehead atoms. The van der Waals surface area contributed by atoms with Crippen molar-refractivity contribution in [3.8, 4) is 5.75 Å². The standard InChI is InChI=1S/C16H18N2O2/c1-3-11-5-6-12(9-14(11)17)18-16(20)13-8-10(2)4-7-15(13)19/h4-9,19H,3,17H2,1-2H3,(H,18,20). The van der Waals surface area contributed by atoms with Gasteiger partial charge in [0.05, 0.1) is 5.56 Å². The summed E-state index contributed by atoms with van der Waals surface area (Å²) in [4.78, 5) is 12.1. The van der Waals surface area contributed by atoms with Gasteiger partial charge in [0.2, 0.25) is 0 Å². The fourth-order valence-electron chi connectivity index (χ4n) is 2.02. The summed E-state index contributed by atoms with van der Waals surface area (Å²) < 4.78 is 0. The minimum atomic E-state index is -0.352. The van der Waals surface area contributed by atoms with Crippen molar-refractivity contribution in [1.29, 1.82) is 0 Å². The van der Waals surface area contributed by atoms with E-state index in [9.17, 15) is 9.90 Å². The quantitative estimate of drug-likeness (QED) is 0.750. The van der Waals surface area contributed by atoms with Crippen LogP contribution >= 0.6 is 0 Å². The van der Waals surface area contributed by atoms with Gasteiger partial charge in [-0.15, -0.1) is 0 Å². The van der Waals surface area contributed by atoms with Crippen molar-refractivity contribution < 1.29 is 9.90 Å². The normalized spacial score (nSPS) is 10.3. The van der Waals surface area contributed by atoms with Crippen LogP contribution in [0.2, 0.25) is 0 Å². The molecular weight excluding hydrogens is 252 g/mol. The monoisotopic (exact) mass is 270 g/mol. The smallest absolute Gasteiger partial charge is 0.259 e. The first kappa shape index (κ1) is 13.9. The van der Waals surface area contributed by atoms with Crippen molar-refractivity contribution in [3.05, 3.63) is 53.1 Å². The number of phenolic OH excluding ortho intramolecular Hbond substituents is 1. The molecule has 0 atom stereocenters. The molecule has 0 heterocycles. The molecule has 0 unspecified atom stereocenters. The molecule has 0 radical (unpaired) electrons. The lowest BCUT2D eigenvalue weighted by molar-refractivity contribution is 0.102. The number of carbonyl (C=O) groups excluding carboxylic acids is 1. The first-order valence-electron chi connectivity index (χ1n) is 6.50. The Morgan fingerprint density at radius 2 is 2.00 bits per heavy atom. The fraction of sp³-hybridized carbons (Fsp3) is 0.188. The Balaban J connectivity index is 2.23. The van der Waals surface area contributed by atoms with Gasteiger partial charge in [-0.1, -0.05) is 24.6 Å². The summed E-state index contributed by atoms with van der Waals surface area (Å²) in [5.41, 5.74) is 9.37. The number of aromatic hydroxyl groups is 1. The molecule has 0 aliphatic carbocycles. The van der Waals surface area contributed by atoms with Crippen LogP contribution in [-0.2, 0) is 6.42 Å². The summed E-state index contributed by atoms with van der Waals surface area (Å²) >= 11 is 0. The zero-order valence-corrected chi connectivity index (χ0v) is 11.6. The van der Waals surface area contributed by atoms with E-state index in [0.29, 0.717) is 11.4 Å². The van der Waals surface area contributed by atoms with Gasteiger partial charge in [-0.3, -0.25) is 4.79 Å². The summed E-state index contributed by atoms with van der Waals surface area (Å²) in [6.45, 7) is 3.89. The Kier molecular flexibility index (Phi) is 3.94. The van der Waals surface area contributed by atoms with E-state index >= 15 is 0 Å². The number of phenols is 1. The van der Waals surface area contributed by atoms with Crippen LogP contribution in [0.25, 0.3) is 0 Å². The molecule has 4 heteroatoms. The van der Waals surface area contributed by atoms with Crippen LogP contribution in [0.3, 0.4) is 0 Å².